The zero-order chi connectivity index (χ0) is 13.6. The highest BCUT2D eigenvalue weighted by molar-refractivity contribution is 7.89. The van der Waals surface area contributed by atoms with Crippen LogP contribution in [0.1, 0.15) is 18.9 Å². The average Bonchev–Trinajstić information content (AvgIpc) is 2.29. The van der Waals surface area contributed by atoms with Gasteiger partial charge in [-0.25, -0.2) is 13.6 Å². The topological polar surface area (TPSA) is 78.6 Å². The quantitative estimate of drug-likeness (QED) is 0.763. The lowest BCUT2D eigenvalue weighted by Crippen LogP contribution is -2.15. The molecule has 0 aliphatic heterocycles. The largest absolute Gasteiger partial charge is 0.490 e. The number of primary sulfonamides is 1. The minimum atomic E-state index is -3.77. The van der Waals surface area contributed by atoms with Crippen LogP contribution in [0.25, 0.3) is 0 Å². The maximum atomic E-state index is 11.4. The van der Waals surface area contributed by atoms with Gasteiger partial charge in [-0.15, -0.1) is 0 Å². The van der Waals surface area contributed by atoms with Gasteiger partial charge in [-0.05, 0) is 31.0 Å². The Hall–Kier alpha value is -1.11. The molecule has 0 atom stereocenters. The number of rotatable bonds is 7. The van der Waals surface area contributed by atoms with Crippen molar-refractivity contribution in [3.63, 3.8) is 0 Å². The van der Waals surface area contributed by atoms with E-state index in [9.17, 15) is 8.42 Å². The first-order valence-corrected chi connectivity index (χ1v) is 7.33. The monoisotopic (exact) mass is 273 g/mol. The van der Waals surface area contributed by atoms with E-state index in [-0.39, 0.29) is 10.6 Å². The van der Waals surface area contributed by atoms with Crippen molar-refractivity contribution in [2.45, 2.75) is 25.2 Å². The Balaban J connectivity index is 2.71. The van der Waals surface area contributed by atoms with E-state index in [0.29, 0.717) is 19.8 Å². The molecule has 0 amide bonds. The van der Waals surface area contributed by atoms with Crippen molar-refractivity contribution in [2.24, 2.45) is 5.14 Å². The average molecular weight is 273 g/mol. The van der Waals surface area contributed by atoms with Gasteiger partial charge in [0, 0.05) is 6.61 Å². The van der Waals surface area contributed by atoms with Gasteiger partial charge in [0.15, 0.2) is 0 Å². The van der Waals surface area contributed by atoms with E-state index < -0.39 is 10.0 Å². The highest BCUT2D eigenvalue weighted by Gasteiger charge is 2.15. The Kier molecular flexibility index (Phi) is 5.58. The maximum absolute atomic E-state index is 11.4. The van der Waals surface area contributed by atoms with E-state index in [2.05, 4.69) is 0 Å². The Morgan fingerprint density at radius 1 is 1.22 bits per heavy atom. The van der Waals surface area contributed by atoms with Gasteiger partial charge in [0.25, 0.3) is 0 Å². The smallest absolute Gasteiger partial charge is 0.241 e. The fourth-order valence-electron chi connectivity index (χ4n) is 1.41. The second-order valence-corrected chi connectivity index (χ2v) is 5.49. The Bertz CT molecular complexity index is 485. The van der Waals surface area contributed by atoms with E-state index in [1.807, 2.05) is 6.92 Å². The molecule has 0 saturated heterocycles. The fraction of sp³-hybridized carbons (Fsp3) is 0.500. The SMILES string of the molecule is CCCOCCOc1ccc(C)cc1S(N)(=O)=O. The summed E-state index contributed by atoms with van der Waals surface area (Å²) in [4.78, 5) is 0.0120. The van der Waals surface area contributed by atoms with Gasteiger partial charge >= 0.3 is 0 Å². The number of ether oxygens (including phenoxy) is 2. The number of sulfonamides is 1. The van der Waals surface area contributed by atoms with E-state index in [0.717, 1.165) is 12.0 Å². The summed E-state index contributed by atoms with van der Waals surface area (Å²) in [5.41, 5.74) is 0.814. The third-order valence-corrected chi connectivity index (χ3v) is 3.17. The van der Waals surface area contributed by atoms with Crippen LogP contribution in [0.15, 0.2) is 23.1 Å². The van der Waals surface area contributed by atoms with Gasteiger partial charge in [0.1, 0.15) is 17.3 Å². The van der Waals surface area contributed by atoms with Gasteiger partial charge in [0.2, 0.25) is 10.0 Å². The number of hydrogen-bond acceptors (Lipinski definition) is 4. The molecule has 0 unspecified atom stereocenters. The van der Waals surface area contributed by atoms with Gasteiger partial charge in [-0.2, -0.15) is 0 Å². The Morgan fingerprint density at radius 3 is 2.56 bits per heavy atom. The molecule has 0 radical (unpaired) electrons. The van der Waals surface area contributed by atoms with Crippen LogP contribution >= 0.6 is 0 Å². The highest BCUT2D eigenvalue weighted by atomic mass is 32.2. The molecule has 1 aromatic rings. The van der Waals surface area contributed by atoms with Gasteiger partial charge in [-0.1, -0.05) is 13.0 Å². The van der Waals surface area contributed by atoms with E-state index in [1.165, 1.54) is 6.07 Å². The van der Waals surface area contributed by atoms with Crippen LogP contribution in [0.2, 0.25) is 0 Å². The van der Waals surface area contributed by atoms with E-state index >= 15 is 0 Å². The molecule has 0 spiro atoms. The summed E-state index contributed by atoms with van der Waals surface area (Å²) in [6.07, 6.45) is 0.937. The molecule has 102 valence electrons. The number of nitrogens with two attached hydrogens (primary N) is 1. The fourth-order valence-corrected chi connectivity index (χ4v) is 2.17. The third kappa shape index (κ3) is 4.64. The van der Waals surface area contributed by atoms with E-state index in [1.54, 1.807) is 19.1 Å². The molecule has 6 heteroatoms. The number of aryl methyl sites for hydroxylation is 1. The number of hydrogen-bond donors (Lipinski definition) is 1. The summed E-state index contributed by atoms with van der Waals surface area (Å²) < 4.78 is 33.4. The maximum Gasteiger partial charge on any atom is 0.241 e. The summed E-state index contributed by atoms with van der Waals surface area (Å²) in [5.74, 6) is 0.267. The number of benzene rings is 1. The molecule has 2 N–H and O–H groups in total. The zero-order valence-corrected chi connectivity index (χ0v) is 11.5. The van der Waals surface area contributed by atoms with Gasteiger partial charge in [-0.3, -0.25) is 0 Å². The van der Waals surface area contributed by atoms with Crippen molar-refractivity contribution < 1.29 is 17.9 Å². The summed E-state index contributed by atoms with van der Waals surface area (Å²) >= 11 is 0. The molecule has 0 aliphatic rings. The summed E-state index contributed by atoms with van der Waals surface area (Å²) in [5, 5.41) is 5.14. The zero-order valence-electron chi connectivity index (χ0n) is 10.7. The van der Waals surface area contributed by atoms with Gasteiger partial charge in [0.05, 0.1) is 6.61 Å². The van der Waals surface area contributed by atoms with Crippen LogP contribution in [0, 0.1) is 6.92 Å². The first kappa shape index (κ1) is 14.9. The molecular weight excluding hydrogens is 254 g/mol. The van der Waals surface area contributed by atoms with Crippen LogP contribution in [-0.2, 0) is 14.8 Å². The van der Waals surface area contributed by atoms with Crippen molar-refractivity contribution >= 4 is 10.0 Å². The molecule has 18 heavy (non-hydrogen) atoms. The summed E-state index contributed by atoms with van der Waals surface area (Å²) in [6.45, 7) is 5.19. The van der Waals surface area contributed by atoms with Crippen molar-refractivity contribution in [1.29, 1.82) is 0 Å². The lowest BCUT2D eigenvalue weighted by Gasteiger charge is -2.11. The molecule has 0 heterocycles. The second kappa shape index (κ2) is 6.72. The minimum absolute atomic E-state index is 0.0120. The molecule has 0 bridgehead atoms. The Labute approximate surface area is 108 Å². The van der Waals surface area contributed by atoms with Crippen LogP contribution in [0.3, 0.4) is 0 Å². The van der Waals surface area contributed by atoms with Crippen molar-refractivity contribution in [1.82, 2.24) is 0 Å². The van der Waals surface area contributed by atoms with Crippen LogP contribution in [-0.4, -0.2) is 28.2 Å². The molecular formula is C12H19NO4S. The minimum Gasteiger partial charge on any atom is -0.490 e. The molecule has 0 aliphatic carbocycles. The highest BCUT2D eigenvalue weighted by Crippen LogP contribution is 2.23. The van der Waals surface area contributed by atoms with Crippen molar-refractivity contribution in [3.8, 4) is 5.75 Å². The second-order valence-electron chi connectivity index (χ2n) is 3.96. The standard InChI is InChI=1S/C12H19NO4S/c1-3-6-16-7-8-17-11-5-4-10(2)9-12(11)18(13,14)15/h4-5,9H,3,6-8H2,1-2H3,(H2,13,14,15). The molecule has 0 aromatic heterocycles. The summed E-state index contributed by atoms with van der Waals surface area (Å²) in [6, 6.07) is 4.88. The first-order chi connectivity index (χ1) is 8.45. The normalized spacial score (nSPS) is 11.5. The van der Waals surface area contributed by atoms with E-state index in [4.69, 9.17) is 14.6 Å². The van der Waals surface area contributed by atoms with Gasteiger partial charge < -0.3 is 9.47 Å². The van der Waals surface area contributed by atoms with Crippen LogP contribution in [0.5, 0.6) is 5.75 Å². The molecule has 1 rings (SSSR count). The molecule has 0 fully saturated rings. The van der Waals surface area contributed by atoms with Crippen molar-refractivity contribution in [2.75, 3.05) is 19.8 Å². The Morgan fingerprint density at radius 2 is 1.94 bits per heavy atom. The molecule has 5 nitrogen and oxygen atoms in total. The predicted molar refractivity (Wildman–Crippen MR) is 69.2 cm³/mol. The third-order valence-electron chi connectivity index (χ3n) is 2.24. The molecule has 0 saturated carbocycles. The van der Waals surface area contributed by atoms with Crippen LogP contribution in [0.4, 0.5) is 0 Å². The lowest BCUT2D eigenvalue weighted by molar-refractivity contribution is 0.0996. The van der Waals surface area contributed by atoms with Crippen LogP contribution < -0.4 is 9.88 Å². The molecule has 1 aromatic carbocycles. The first-order valence-electron chi connectivity index (χ1n) is 5.79. The predicted octanol–water partition coefficient (Wildman–Crippen LogP) is 1.45. The van der Waals surface area contributed by atoms with Crippen molar-refractivity contribution in [3.05, 3.63) is 23.8 Å². The lowest BCUT2D eigenvalue weighted by atomic mass is 10.2. The summed E-state index contributed by atoms with van der Waals surface area (Å²) in [7, 11) is -3.77.